The van der Waals surface area contributed by atoms with Crippen molar-refractivity contribution in [1.29, 1.82) is 0 Å². The van der Waals surface area contributed by atoms with E-state index in [-0.39, 0.29) is 12.0 Å². The molecule has 0 amide bonds. The lowest BCUT2D eigenvalue weighted by molar-refractivity contribution is -0.137. The normalized spacial score (nSPS) is 12.9. The summed E-state index contributed by atoms with van der Waals surface area (Å²) in [5, 5.41) is 9.33. The van der Waals surface area contributed by atoms with Crippen LogP contribution in [-0.4, -0.2) is 11.1 Å². The third kappa shape index (κ3) is 1.77. The third-order valence-electron chi connectivity index (χ3n) is 2.37. The van der Waals surface area contributed by atoms with E-state index in [4.69, 9.17) is 15.3 Å². The molecule has 3 N–H and O–H groups in total. The summed E-state index contributed by atoms with van der Waals surface area (Å²) in [4.78, 5) is 10.5. The fourth-order valence-electron chi connectivity index (χ4n) is 1.67. The van der Waals surface area contributed by atoms with Gasteiger partial charge in [0, 0.05) is 17.0 Å². The minimum atomic E-state index is -1.07. The van der Waals surface area contributed by atoms with Gasteiger partial charge in [0.2, 0.25) is 0 Å². The number of hydrogen-bond donors (Lipinski definition) is 2. The Hall–Kier alpha value is -1.88. The lowest BCUT2D eigenvalue weighted by atomic mass is 10.0. The fraction of sp³-hybridized carbons (Fsp3) is 0.182. The molecule has 1 unspecified atom stereocenters. The maximum absolute atomic E-state index is 13.6. The molecule has 0 fully saturated rings. The number of aliphatic carboxylic acids is 1. The van der Waals surface area contributed by atoms with Gasteiger partial charge in [-0.25, -0.2) is 4.39 Å². The summed E-state index contributed by atoms with van der Waals surface area (Å²) in [6, 6.07) is 3.58. The Morgan fingerprint density at radius 1 is 1.50 bits per heavy atom. The number of halogens is 1. The van der Waals surface area contributed by atoms with Crippen molar-refractivity contribution >= 4 is 16.9 Å². The van der Waals surface area contributed by atoms with Crippen molar-refractivity contribution in [3.05, 3.63) is 35.8 Å². The van der Waals surface area contributed by atoms with E-state index in [1.807, 2.05) is 0 Å². The molecule has 1 aromatic carbocycles. The van der Waals surface area contributed by atoms with Gasteiger partial charge in [-0.05, 0) is 18.2 Å². The Morgan fingerprint density at radius 2 is 2.25 bits per heavy atom. The minimum absolute atomic E-state index is 0.116. The van der Waals surface area contributed by atoms with E-state index < -0.39 is 17.8 Å². The first-order chi connectivity index (χ1) is 7.59. The molecular weight excluding hydrogens is 213 g/mol. The number of carboxylic acids is 1. The van der Waals surface area contributed by atoms with E-state index in [1.165, 1.54) is 12.3 Å². The van der Waals surface area contributed by atoms with Crippen molar-refractivity contribution in [2.24, 2.45) is 5.73 Å². The third-order valence-corrected chi connectivity index (χ3v) is 2.37. The second-order valence-corrected chi connectivity index (χ2v) is 3.50. The van der Waals surface area contributed by atoms with Crippen LogP contribution in [0.2, 0.25) is 0 Å². The molecule has 84 valence electrons. The number of rotatable bonds is 3. The van der Waals surface area contributed by atoms with Crippen LogP contribution >= 0.6 is 0 Å². The average molecular weight is 223 g/mol. The van der Waals surface area contributed by atoms with E-state index in [0.717, 1.165) is 0 Å². The van der Waals surface area contributed by atoms with Gasteiger partial charge in [0.15, 0.2) is 0 Å². The summed E-state index contributed by atoms with van der Waals surface area (Å²) >= 11 is 0. The minimum Gasteiger partial charge on any atom is -0.481 e. The topological polar surface area (TPSA) is 76.5 Å². The fourth-order valence-corrected chi connectivity index (χ4v) is 1.67. The number of nitrogens with two attached hydrogens (primary N) is 1. The highest BCUT2D eigenvalue weighted by Crippen LogP contribution is 2.28. The summed E-state index contributed by atoms with van der Waals surface area (Å²) in [5.74, 6) is -1.62. The molecular formula is C11H10FNO3. The van der Waals surface area contributed by atoms with Crippen LogP contribution in [0, 0.1) is 5.82 Å². The number of fused-ring (bicyclic) bond motifs is 1. The molecule has 2 aromatic rings. The molecule has 5 heteroatoms. The number of benzene rings is 1. The Kier molecular flexibility index (Phi) is 2.62. The molecule has 0 aliphatic rings. The van der Waals surface area contributed by atoms with Crippen LogP contribution in [-0.2, 0) is 4.79 Å². The molecule has 0 spiro atoms. The smallest absolute Gasteiger partial charge is 0.305 e. The SMILES string of the molecule is NC(CC(=O)O)c1c(F)ccc2ccoc12. The highest BCUT2D eigenvalue weighted by atomic mass is 19.1. The molecule has 0 radical (unpaired) electrons. The molecule has 4 nitrogen and oxygen atoms in total. The Labute approximate surface area is 90.5 Å². The summed E-state index contributed by atoms with van der Waals surface area (Å²) in [6.07, 6.45) is 1.08. The molecule has 0 saturated heterocycles. The van der Waals surface area contributed by atoms with Gasteiger partial charge in [-0.2, -0.15) is 0 Å². The number of furan rings is 1. The van der Waals surface area contributed by atoms with E-state index in [9.17, 15) is 9.18 Å². The first-order valence-electron chi connectivity index (χ1n) is 4.72. The first kappa shape index (κ1) is 10.6. The van der Waals surface area contributed by atoms with Crippen molar-refractivity contribution in [1.82, 2.24) is 0 Å². The van der Waals surface area contributed by atoms with Crippen LogP contribution < -0.4 is 5.73 Å². The molecule has 0 aliphatic heterocycles. The summed E-state index contributed by atoms with van der Waals surface area (Å²) in [7, 11) is 0. The van der Waals surface area contributed by atoms with E-state index in [0.29, 0.717) is 11.0 Å². The van der Waals surface area contributed by atoms with Crippen molar-refractivity contribution < 1.29 is 18.7 Å². The maximum Gasteiger partial charge on any atom is 0.305 e. The molecule has 2 rings (SSSR count). The lowest BCUT2D eigenvalue weighted by Gasteiger charge is -2.10. The van der Waals surface area contributed by atoms with E-state index >= 15 is 0 Å². The zero-order chi connectivity index (χ0) is 11.7. The second kappa shape index (κ2) is 3.94. The van der Waals surface area contributed by atoms with Crippen molar-refractivity contribution in [3.63, 3.8) is 0 Å². The maximum atomic E-state index is 13.6. The van der Waals surface area contributed by atoms with Gasteiger partial charge in [-0.15, -0.1) is 0 Å². The summed E-state index contributed by atoms with van der Waals surface area (Å²) < 4.78 is 18.7. The number of hydrogen-bond acceptors (Lipinski definition) is 3. The molecule has 0 bridgehead atoms. The van der Waals surface area contributed by atoms with Gasteiger partial charge >= 0.3 is 5.97 Å². The van der Waals surface area contributed by atoms with Crippen molar-refractivity contribution in [2.75, 3.05) is 0 Å². The van der Waals surface area contributed by atoms with Crippen LogP contribution in [0.15, 0.2) is 28.9 Å². The zero-order valence-electron chi connectivity index (χ0n) is 8.31. The van der Waals surface area contributed by atoms with Crippen LogP contribution in [0.1, 0.15) is 18.0 Å². The zero-order valence-corrected chi connectivity index (χ0v) is 8.31. The van der Waals surface area contributed by atoms with Crippen LogP contribution in [0.3, 0.4) is 0 Å². The lowest BCUT2D eigenvalue weighted by Crippen LogP contribution is -2.16. The van der Waals surface area contributed by atoms with Crippen LogP contribution in [0.25, 0.3) is 11.0 Å². The monoisotopic (exact) mass is 223 g/mol. The quantitative estimate of drug-likeness (QED) is 0.834. The largest absolute Gasteiger partial charge is 0.481 e. The molecule has 0 saturated carbocycles. The predicted octanol–water partition coefficient (Wildman–Crippen LogP) is 2.05. The number of carboxylic acid groups (broad SMARTS) is 1. The highest BCUT2D eigenvalue weighted by Gasteiger charge is 2.19. The second-order valence-electron chi connectivity index (χ2n) is 3.50. The Bertz CT molecular complexity index is 535. The van der Waals surface area contributed by atoms with Crippen molar-refractivity contribution in [2.45, 2.75) is 12.5 Å². The average Bonchev–Trinajstić information content (AvgIpc) is 2.63. The summed E-state index contributed by atoms with van der Waals surface area (Å²) in [5.41, 5.74) is 6.07. The van der Waals surface area contributed by atoms with Crippen LogP contribution in [0.5, 0.6) is 0 Å². The van der Waals surface area contributed by atoms with Gasteiger partial charge < -0.3 is 15.3 Å². The molecule has 1 atom stereocenters. The standard InChI is InChI=1S/C11H10FNO3/c12-7-2-1-6-3-4-16-11(6)10(7)8(13)5-9(14)15/h1-4,8H,5,13H2,(H,14,15). The van der Waals surface area contributed by atoms with Crippen molar-refractivity contribution in [3.8, 4) is 0 Å². The highest BCUT2D eigenvalue weighted by molar-refractivity contribution is 5.81. The molecule has 0 aliphatic carbocycles. The number of carbonyl (C=O) groups is 1. The van der Waals surface area contributed by atoms with E-state index in [1.54, 1.807) is 12.1 Å². The molecule has 1 aromatic heterocycles. The molecule has 16 heavy (non-hydrogen) atoms. The van der Waals surface area contributed by atoms with Gasteiger partial charge in [0.05, 0.1) is 12.7 Å². The van der Waals surface area contributed by atoms with Crippen LogP contribution in [0.4, 0.5) is 4.39 Å². The van der Waals surface area contributed by atoms with Gasteiger partial charge in [0.25, 0.3) is 0 Å². The molecule has 1 heterocycles. The van der Waals surface area contributed by atoms with Gasteiger partial charge in [-0.3, -0.25) is 4.79 Å². The van der Waals surface area contributed by atoms with E-state index in [2.05, 4.69) is 0 Å². The first-order valence-corrected chi connectivity index (χ1v) is 4.72. The van der Waals surface area contributed by atoms with Gasteiger partial charge in [-0.1, -0.05) is 0 Å². The summed E-state index contributed by atoms with van der Waals surface area (Å²) in [6.45, 7) is 0. The Balaban J connectivity index is 2.52. The Morgan fingerprint density at radius 3 is 2.94 bits per heavy atom. The van der Waals surface area contributed by atoms with Gasteiger partial charge in [0.1, 0.15) is 11.4 Å². The predicted molar refractivity (Wildman–Crippen MR) is 55.4 cm³/mol.